The average molecular weight is 328 g/mol. The fraction of sp³-hybridized carbons (Fsp3) is 0.0909. The minimum absolute atomic E-state index is 0.101. The number of ether oxygens (including phenoxy) is 1. The summed E-state index contributed by atoms with van der Waals surface area (Å²) in [5.41, 5.74) is 3.89. The fourth-order valence-electron chi connectivity index (χ4n) is 3.04. The SMILES string of the molecule is Cc1ccc(OCc2ccc3c(c2)C(=O)c2ccccc2C3=O)cc1. The highest BCUT2D eigenvalue weighted by atomic mass is 16.5. The van der Waals surface area contributed by atoms with Crippen LogP contribution in [0.2, 0.25) is 0 Å². The summed E-state index contributed by atoms with van der Waals surface area (Å²) in [6, 6.07) is 20.1. The first-order chi connectivity index (χ1) is 12.1. The van der Waals surface area contributed by atoms with Crippen molar-refractivity contribution < 1.29 is 14.3 Å². The molecule has 0 saturated carbocycles. The van der Waals surface area contributed by atoms with Gasteiger partial charge in [0.1, 0.15) is 12.4 Å². The van der Waals surface area contributed by atoms with Gasteiger partial charge in [-0.25, -0.2) is 0 Å². The Bertz CT molecular complexity index is 984. The van der Waals surface area contributed by atoms with Crippen molar-refractivity contribution in [3.63, 3.8) is 0 Å². The van der Waals surface area contributed by atoms with Gasteiger partial charge < -0.3 is 4.74 Å². The Labute approximate surface area is 145 Å². The number of hydrogen-bond acceptors (Lipinski definition) is 3. The van der Waals surface area contributed by atoms with Gasteiger partial charge in [0.05, 0.1) is 0 Å². The smallest absolute Gasteiger partial charge is 0.194 e. The number of rotatable bonds is 3. The van der Waals surface area contributed by atoms with Gasteiger partial charge in [-0.05, 0) is 36.8 Å². The van der Waals surface area contributed by atoms with Gasteiger partial charge in [0.15, 0.2) is 11.6 Å². The molecular formula is C22H16O3. The van der Waals surface area contributed by atoms with E-state index in [0.717, 1.165) is 11.3 Å². The molecule has 1 aliphatic carbocycles. The monoisotopic (exact) mass is 328 g/mol. The second kappa shape index (κ2) is 6.02. The van der Waals surface area contributed by atoms with Crippen LogP contribution >= 0.6 is 0 Å². The molecule has 0 bridgehead atoms. The van der Waals surface area contributed by atoms with Crippen LogP contribution in [0.5, 0.6) is 5.75 Å². The highest BCUT2D eigenvalue weighted by Crippen LogP contribution is 2.28. The van der Waals surface area contributed by atoms with E-state index < -0.39 is 0 Å². The molecule has 0 aromatic heterocycles. The van der Waals surface area contributed by atoms with Crippen LogP contribution in [-0.2, 0) is 6.61 Å². The Balaban J connectivity index is 1.62. The zero-order chi connectivity index (χ0) is 17.4. The van der Waals surface area contributed by atoms with Gasteiger partial charge in [-0.3, -0.25) is 9.59 Å². The summed E-state index contributed by atoms with van der Waals surface area (Å²) in [6.07, 6.45) is 0. The van der Waals surface area contributed by atoms with Crippen molar-refractivity contribution >= 4 is 11.6 Å². The molecule has 0 fully saturated rings. The van der Waals surface area contributed by atoms with Crippen molar-refractivity contribution in [3.8, 4) is 5.75 Å². The Morgan fingerprint density at radius 1 is 0.720 bits per heavy atom. The molecule has 0 atom stereocenters. The quantitative estimate of drug-likeness (QED) is 0.561. The second-order valence-corrected chi connectivity index (χ2v) is 6.19. The van der Waals surface area contributed by atoms with Crippen molar-refractivity contribution in [1.82, 2.24) is 0 Å². The molecule has 1 aliphatic rings. The van der Waals surface area contributed by atoms with Crippen molar-refractivity contribution in [2.45, 2.75) is 13.5 Å². The maximum atomic E-state index is 12.7. The molecule has 122 valence electrons. The molecule has 0 amide bonds. The molecular weight excluding hydrogens is 312 g/mol. The third-order valence-corrected chi connectivity index (χ3v) is 4.42. The highest BCUT2D eigenvalue weighted by molar-refractivity contribution is 6.28. The van der Waals surface area contributed by atoms with Crippen molar-refractivity contribution in [3.05, 3.63) is 100 Å². The van der Waals surface area contributed by atoms with Gasteiger partial charge in [0, 0.05) is 22.3 Å². The van der Waals surface area contributed by atoms with E-state index in [4.69, 9.17) is 4.74 Å². The number of ketones is 2. The van der Waals surface area contributed by atoms with Crippen molar-refractivity contribution in [2.75, 3.05) is 0 Å². The molecule has 3 heteroatoms. The minimum Gasteiger partial charge on any atom is -0.489 e. The Morgan fingerprint density at radius 3 is 2.00 bits per heavy atom. The number of hydrogen-bond donors (Lipinski definition) is 0. The third kappa shape index (κ3) is 2.74. The Hall–Kier alpha value is -3.20. The molecule has 0 spiro atoms. The largest absolute Gasteiger partial charge is 0.489 e. The van der Waals surface area contributed by atoms with Crippen LogP contribution in [-0.4, -0.2) is 11.6 Å². The third-order valence-electron chi connectivity index (χ3n) is 4.42. The van der Waals surface area contributed by atoms with E-state index in [1.54, 1.807) is 36.4 Å². The van der Waals surface area contributed by atoms with E-state index in [1.807, 2.05) is 37.3 Å². The van der Waals surface area contributed by atoms with Gasteiger partial charge in [0.25, 0.3) is 0 Å². The highest BCUT2D eigenvalue weighted by Gasteiger charge is 2.29. The molecule has 3 aromatic carbocycles. The first-order valence-electron chi connectivity index (χ1n) is 8.14. The molecule has 0 saturated heterocycles. The summed E-state index contributed by atoms with van der Waals surface area (Å²) < 4.78 is 5.77. The predicted octanol–water partition coefficient (Wildman–Crippen LogP) is 4.35. The lowest BCUT2D eigenvalue weighted by molar-refractivity contribution is 0.0979. The zero-order valence-corrected chi connectivity index (χ0v) is 13.8. The molecule has 3 aromatic rings. The zero-order valence-electron chi connectivity index (χ0n) is 13.8. The van der Waals surface area contributed by atoms with Crippen LogP contribution in [0.3, 0.4) is 0 Å². The van der Waals surface area contributed by atoms with Gasteiger partial charge in [-0.1, -0.05) is 48.0 Å². The number of carbonyl (C=O) groups is 2. The van der Waals surface area contributed by atoms with E-state index in [-0.39, 0.29) is 11.6 Å². The fourth-order valence-corrected chi connectivity index (χ4v) is 3.04. The summed E-state index contributed by atoms with van der Waals surface area (Å²) in [7, 11) is 0. The van der Waals surface area contributed by atoms with Gasteiger partial charge in [-0.2, -0.15) is 0 Å². The van der Waals surface area contributed by atoms with Crippen molar-refractivity contribution in [2.24, 2.45) is 0 Å². The molecule has 3 nitrogen and oxygen atoms in total. The number of fused-ring (bicyclic) bond motifs is 2. The summed E-state index contributed by atoms with van der Waals surface area (Å²) >= 11 is 0. The molecule has 0 unspecified atom stereocenters. The summed E-state index contributed by atoms with van der Waals surface area (Å²) in [4.78, 5) is 25.3. The van der Waals surface area contributed by atoms with Gasteiger partial charge in [-0.15, -0.1) is 0 Å². The number of aryl methyl sites for hydroxylation is 1. The Kier molecular flexibility index (Phi) is 3.69. The first kappa shape index (κ1) is 15.3. The van der Waals surface area contributed by atoms with E-state index in [1.165, 1.54) is 5.56 Å². The second-order valence-electron chi connectivity index (χ2n) is 6.19. The summed E-state index contributed by atoms with van der Waals surface area (Å²) in [5, 5.41) is 0. The molecule has 0 N–H and O–H groups in total. The molecule has 0 heterocycles. The lowest BCUT2D eigenvalue weighted by Gasteiger charge is -2.18. The van der Waals surface area contributed by atoms with Crippen LogP contribution < -0.4 is 4.74 Å². The van der Waals surface area contributed by atoms with Crippen LogP contribution in [0.1, 0.15) is 43.0 Å². The van der Waals surface area contributed by atoms with Crippen LogP contribution in [0.15, 0.2) is 66.7 Å². The van der Waals surface area contributed by atoms with Crippen LogP contribution in [0, 0.1) is 6.92 Å². The summed E-state index contributed by atoms with van der Waals surface area (Å²) in [6.45, 7) is 2.37. The lowest BCUT2D eigenvalue weighted by Crippen LogP contribution is -2.21. The first-order valence-corrected chi connectivity index (χ1v) is 8.14. The number of benzene rings is 3. The standard InChI is InChI=1S/C22H16O3/c1-14-6-9-16(10-7-14)25-13-15-8-11-19-20(12-15)22(24)18-5-3-2-4-17(18)21(19)23/h2-12H,13H2,1H3. The van der Waals surface area contributed by atoms with Gasteiger partial charge >= 0.3 is 0 Å². The van der Waals surface area contributed by atoms with Gasteiger partial charge in [0.2, 0.25) is 0 Å². The van der Waals surface area contributed by atoms with E-state index in [9.17, 15) is 9.59 Å². The minimum atomic E-state index is -0.109. The molecule has 4 rings (SSSR count). The van der Waals surface area contributed by atoms with E-state index in [2.05, 4.69) is 0 Å². The normalized spacial score (nSPS) is 12.5. The average Bonchev–Trinajstić information content (AvgIpc) is 2.65. The van der Waals surface area contributed by atoms with E-state index in [0.29, 0.717) is 28.9 Å². The lowest BCUT2D eigenvalue weighted by atomic mass is 9.83. The molecule has 0 aliphatic heterocycles. The molecule has 25 heavy (non-hydrogen) atoms. The van der Waals surface area contributed by atoms with Crippen LogP contribution in [0.25, 0.3) is 0 Å². The topological polar surface area (TPSA) is 43.4 Å². The number of carbonyl (C=O) groups excluding carboxylic acids is 2. The Morgan fingerprint density at radius 2 is 1.32 bits per heavy atom. The predicted molar refractivity (Wildman–Crippen MR) is 95.3 cm³/mol. The maximum Gasteiger partial charge on any atom is 0.194 e. The summed E-state index contributed by atoms with van der Waals surface area (Å²) in [5.74, 6) is 0.564. The maximum absolute atomic E-state index is 12.7. The van der Waals surface area contributed by atoms with E-state index >= 15 is 0 Å². The van der Waals surface area contributed by atoms with Crippen molar-refractivity contribution in [1.29, 1.82) is 0 Å². The van der Waals surface area contributed by atoms with Crippen LogP contribution in [0.4, 0.5) is 0 Å². The molecule has 0 radical (unpaired) electrons.